The van der Waals surface area contributed by atoms with Gasteiger partial charge in [0, 0.05) is 37.1 Å². The van der Waals surface area contributed by atoms with E-state index < -0.39 is 19.7 Å². The molecule has 98 valence electrons. The van der Waals surface area contributed by atoms with Crippen molar-refractivity contribution in [3.63, 3.8) is 0 Å². The molecule has 0 saturated carbocycles. The van der Waals surface area contributed by atoms with E-state index in [4.69, 9.17) is 0 Å². The van der Waals surface area contributed by atoms with Crippen molar-refractivity contribution in [1.82, 2.24) is 5.32 Å². The number of sulfone groups is 2. The van der Waals surface area contributed by atoms with Crippen LogP contribution in [0.1, 0.15) is 0 Å². The molecular weight excluding hydrogens is 270 g/mol. The van der Waals surface area contributed by atoms with Crippen molar-refractivity contribution in [2.45, 2.75) is 0 Å². The van der Waals surface area contributed by atoms with Crippen molar-refractivity contribution in [2.24, 2.45) is 0 Å². The molecule has 0 saturated heterocycles. The van der Waals surface area contributed by atoms with E-state index in [9.17, 15) is 16.8 Å². The van der Waals surface area contributed by atoms with Gasteiger partial charge in [0.05, 0.1) is 11.5 Å². The second-order valence-corrected chi connectivity index (χ2v) is 9.37. The predicted octanol–water partition coefficient (Wildman–Crippen LogP) is -0.602. The zero-order valence-corrected chi connectivity index (χ0v) is 12.0. The van der Waals surface area contributed by atoms with E-state index in [-0.39, 0.29) is 11.5 Å². The summed E-state index contributed by atoms with van der Waals surface area (Å²) in [5, 5.41) is 2.99. The summed E-state index contributed by atoms with van der Waals surface area (Å²) in [4.78, 5) is 0. The molecule has 8 heteroatoms. The maximum Gasteiger partial charge on any atom is 0.148 e. The molecule has 0 rings (SSSR count). The van der Waals surface area contributed by atoms with Crippen LogP contribution in [-0.4, -0.2) is 65.4 Å². The molecule has 0 aliphatic carbocycles. The lowest BCUT2D eigenvalue weighted by Crippen LogP contribution is -2.24. The normalized spacial score (nSPS) is 12.9. The van der Waals surface area contributed by atoms with Gasteiger partial charge in [-0.15, -0.1) is 0 Å². The highest BCUT2D eigenvalue weighted by atomic mass is 32.2. The molecule has 0 unspecified atom stereocenters. The number of thioether (sulfide) groups is 1. The van der Waals surface area contributed by atoms with E-state index >= 15 is 0 Å². The first-order valence-corrected chi connectivity index (χ1v) is 10.1. The second-order valence-electron chi connectivity index (χ2n) is 3.62. The largest absolute Gasteiger partial charge is 0.315 e. The fourth-order valence-electron chi connectivity index (χ4n) is 0.839. The van der Waals surface area contributed by atoms with Crippen molar-refractivity contribution in [2.75, 3.05) is 48.6 Å². The fourth-order valence-corrected chi connectivity index (χ4v) is 3.53. The van der Waals surface area contributed by atoms with E-state index in [1.807, 2.05) is 0 Å². The second kappa shape index (κ2) is 7.52. The lowest BCUT2D eigenvalue weighted by molar-refractivity contribution is 0.597. The standard InChI is InChI=1S/C8H19NO4S3/c1-15(10,11)7-4-9-3-5-14-6-8-16(2,12)13/h9H,3-8H2,1-2H3. The minimum atomic E-state index is -2.89. The number of hydrogen-bond donors (Lipinski definition) is 1. The molecule has 0 atom stereocenters. The summed E-state index contributed by atoms with van der Waals surface area (Å²) in [7, 11) is -5.75. The van der Waals surface area contributed by atoms with Crippen LogP contribution in [0.5, 0.6) is 0 Å². The summed E-state index contributed by atoms with van der Waals surface area (Å²) in [6, 6.07) is 0. The Bertz CT molecular complexity index is 336. The van der Waals surface area contributed by atoms with Crippen LogP contribution >= 0.6 is 11.8 Å². The molecule has 0 radical (unpaired) electrons. The number of hydrogen-bond acceptors (Lipinski definition) is 6. The molecule has 0 aromatic heterocycles. The first kappa shape index (κ1) is 16.2. The molecular formula is C8H19NO4S3. The van der Waals surface area contributed by atoms with Gasteiger partial charge in [-0.3, -0.25) is 0 Å². The monoisotopic (exact) mass is 289 g/mol. The zero-order chi connectivity index (χ0) is 12.7. The van der Waals surface area contributed by atoms with E-state index in [1.165, 1.54) is 12.5 Å². The Morgan fingerprint density at radius 3 is 1.94 bits per heavy atom. The first-order valence-electron chi connectivity index (χ1n) is 4.84. The molecule has 16 heavy (non-hydrogen) atoms. The lowest BCUT2D eigenvalue weighted by Gasteiger charge is -2.03. The molecule has 0 heterocycles. The highest BCUT2D eigenvalue weighted by molar-refractivity contribution is 8.00. The Morgan fingerprint density at radius 2 is 1.44 bits per heavy atom. The van der Waals surface area contributed by atoms with Crippen molar-refractivity contribution in [3.8, 4) is 0 Å². The minimum Gasteiger partial charge on any atom is -0.315 e. The van der Waals surface area contributed by atoms with Gasteiger partial charge in [-0.05, 0) is 0 Å². The molecule has 0 bridgehead atoms. The Kier molecular flexibility index (Phi) is 7.62. The van der Waals surface area contributed by atoms with Gasteiger partial charge in [-0.25, -0.2) is 16.8 Å². The van der Waals surface area contributed by atoms with E-state index in [0.29, 0.717) is 18.8 Å². The Hall–Kier alpha value is 0.210. The average molecular weight is 289 g/mol. The third kappa shape index (κ3) is 14.2. The van der Waals surface area contributed by atoms with Crippen LogP contribution in [0.15, 0.2) is 0 Å². The van der Waals surface area contributed by atoms with Crippen molar-refractivity contribution >= 4 is 31.4 Å². The van der Waals surface area contributed by atoms with Crippen molar-refractivity contribution in [1.29, 1.82) is 0 Å². The van der Waals surface area contributed by atoms with Gasteiger partial charge in [0.25, 0.3) is 0 Å². The molecule has 0 aromatic rings. The zero-order valence-electron chi connectivity index (χ0n) is 9.60. The van der Waals surface area contributed by atoms with Crippen LogP contribution in [0.25, 0.3) is 0 Å². The Morgan fingerprint density at radius 1 is 0.875 bits per heavy atom. The van der Waals surface area contributed by atoms with Crippen molar-refractivity contribution < 1.29 is 16.8 Å². The summed E-state index contributed by atoms with van der Waals surface area (Å²) in [5.41, 5.74) is 0. The summed E-state index contributed by atoms with van der Waals surface area (Å²) < 4.78 is 43.1. The highest BCUT2D eigenvalue weighted by Crippen LogP contribution is 1.99. The maximum absolute atomic E-state index is 10.8. The lowest BCUT2D eigenvalue weighted by atomic mass is 10.7. The van der Waals surface area contributed by atoms with Crippen LogP contribution in [0.3, 0.4) is 0 Å². The van der Waals surface area contributed by atoms with Gasteiger partial charge < -0.3 is 5.32 Å². The minimum absolute atomic E-state index is 0.140. The molecule has 0 fully saturated rings. The summed E-state index contributed by atoms with van der Waals surface area (Å²) in [6.07, 6.45) is 2.42. The van der Waals surface area contributed by atoms with Crippen molar-refractivity contribution in [3.05, 3.63) is 0 Å². The summed E-state index contributed by atoms with van der Waals surface area (Å²) in [6.45, 7) is 1.15. The number of nitrogens with one attached hydrogen (secondary N) is 1. The Labute approximate surface area is 102 Å². The third-order valence-electron chi connectivity index (χ3n) is 1.67. The van der Waals surface area contributed by atoms with E-state index in [2.05, 4.69) is 5.32 Å². The van der Waals surface area contributed by atoms with Crippen LogP contribution in [0, 0.1) is 0 Å². The molecule has 0 aromatic carbocycles. The van der Waals surface area contributed by atoms with Gasteiger partial charge in [-0.1, -0.05) is 0 Å². The van der Waals surface area contributed by atoms with Gasteiger partial charge in [0.15, 0.2) is 0 Å². The molecule has 0 spiro atoms. The van der Waals surface area contributed by atoms with Crippen LogP contribution in [-0.2, 0) is 19.7 Å². The molecule has 5 nitrogen and oxygen atoms in total. The molecule has 0 amide bonds. The highest BCUT2D eigenvalue weighted by Gasteiger charge is 2.02. The van der Waals surface area contributed by atoms with Gasteiger partial charge in [0.1, 0.15) is 19.7 Å². The Balaban J connectivity index is 3.29. The van der Waals surface area contributed by atoms with Gasteiger partial charge in [0.2, 0.25) is 0 Å². The summed E-state index contributed by atoms with van der Waals surface area (Å²) in [5.74, 6) is 1.72. The van der Waals surface area contributed by atoms with Gasteiger partial charge >= 0.3 is 0 Å². The van der Waals surface area contributed by atoms with Crippen LogP contribution in [0.2, 0.25) is 0 Å². The SMILES string of the molecule is CS(=O)(=O)CCNCCSCCS(C)(=O)=O. The average Bonchev–Trinajstić information content (AvgIpc) is 2.06. The molecule has 0 aliphatic heterocycles. The van der Waals surface area contributed by atoms with Crippen LogP contribution in [0.4, 0.5) is 0 Å². The third-order valence-corrected chi connectivity index (χ3v) is 4.81. The van der Waals surface area contributed by atoms with E-state index in [0.717, 1.165) is 5.75 Å². The molecule has 1 N–H and O–H groups in total. The maximum atomic E-state index is 10.8. The van der Waals surface area contributed by atoms with Crippen LogP contribution < -0.4 is 5.32 Å². The molecule has 0 aliphatic rings. The van der Waals surface area contributed by atoms with Gasteiger partial charge in [-0.2, -0.15) is 11.8 Å². The predicted molar refractivity (Wildman–Crippen MR) is 69.6 cm³/mol. The van der Waals surface area contributed by atoms with E-state index in [1.54, 1.807) is 11.8 Å². The smallest absolute Gasteiger partial charge is 0.148 e. The topological polar surface area (TPSA) is 80.3 Å². The first-order chi connectivity index (χ1) is 7.21. The quantitative estimate of drug-likeness (QED) is 0.571. The number of rotatable bonds is 9. The summed E-state index contributed by atoms with van der Waals surface area (Å²) >= 11 is 1.55. The fraction of sp³-hybridized carbons (Fsp3) is 1.00.